The first kappa shape index (κ1) is 12.3. The lowest BCUT2D eigenvalue weighted by Gasteiger charge is -2.19. The van der Waals surface area contributed by atoms with Crippen LogP contribution in [0.4, 0.5) is 0 Å². The molecule has 1 aliphatic heterocycles. The van der Waals surface area contributed by atoms with E-state index in [1.165, 1.54) is 18.4 Å². The summed E-state index contributed by atoms with van der Waals surface area (Å²) in [5.74, 6) is 0.382. The predicted molar refractivity (Wildman–Crippen MR) is 70.3 cm³/mol. The van der Waals surface area contributed by atoms with E-state index in [4.69, 9.17) is 0 Å². The number of carbonyl (C=O) groups is 1. The monoisotopic (exact) mass is 231 g/mol. The molecule has 92 valence electrons. The minimum atomic E-state index is 0.107. The molecule has 1 aliphatic rings. The van der Waals surface area contributed by atoms with Crippen LogP contribution in [0.5, 0.6) is 0 Å². The van der Waals surface area contributed by atoms with Crippen molar-refractivity contribution in [2.45, 2.75) is 26.7 Å². The van der Waals surface area contributed by atoms with E-state index in [1.807, 2.05) is 38.1 Å². The summed E-state index contributed by atoms with van der Waals surface area (Å²) in [7, 11) is 0. The van der Waals surface area contributed by atoms with Crippen molar-refractivity contribution in [3.63, 3.8) is 0 Å². The molecule has 0 bridgehead atoms. The first-order chi connectivity index (χ1) is 8.16. The molecule has 1 heterocycles. The highest BCUT2D eigenvalue weighted by Gasteiger charge is 2.20. The first-order valence-electron chi connectivity index (χ1n) is 6.50. The summed E-state index contributed by atoms with van der Waals surface area (Å²) >= 11 is 0. The number of Topliss-reactive ketones (excluding diaryl/α,β-unsaturated/α-hetero) is 1. The molecule has 0 spiro atoms. The fourth-order valence-corrected chi connectivity index (χ4v) is 2.44. The van der Waals surface area contributed by atoms with Crippen molar-refractivity contribution in [1.29, 1.82) is 0 Å². The molecule has 1 aromatic carbocycles. The second kappa shape index (κ2) is 5.46. The maximum absolute atomic E-state index is 12.2. The van der Waals surface area contributed by atoms with Crippen LogP contribution in [0.2, 0.25) is 0 Å². The van der Waals surface area contributed by atoms with Gasteiger partial charge < -0.3 is 4.90 Å². The standard InChI is InChI=1S/C15H21NO/c1-12-5-7-14(8-6-12)15(17)13(2)11-16-9-3-4-10-16/h5-8,13H,3-4,9-11H2,1-2H3/t13-/m1/s1. The van der Waals surface area contributed by atoms with Gasteiger partial charge in [-0.05, 0) is 32.9 Å². The average molecular weight is 231 g/mol. The highest BCUT2D eigenvalue weighted by molar-refractivity contribution is 5.97. The summed E-state index contributed by atoms with van der Waals surface area (Å²) in [4.78, 5) is 14.6. The largest absolute Gasteiger partial charge is 0.303 e. The SMILES string of the molecule is Cc1ccc(C(=O)[C@H](C)CN2CCCC2)cc1. The smallest absolute Gasteiger partial charge is 0.166 e. The quantitative estimate of drug-likeness (QED) is 0.743. The van der Waals surface area contributed by atoms with E-state index in [1.54, 1.807) is 0 Å². The van der Waals surface area contributed by atoms with Gasteiger partial charge in [0.1, 0.15) is 0 Å². The van der Waals surface area contributed by atoms with Crippen LogP contribution in [0.3, 0.4) is 0 Å². The van der Waals surface area contributed by atoms with Crippen molar-refractivity contribution in [3.05, 3.63) is 35.4 Å². The fraction of sp³-hybridized carbons (Fsp3) is 0.533. The molecule has 1 fully saturated rings. The van der Waals surface area contributed by atoms with Gasteiger partial charge in [-0.15, -0.1) is 0 Å². The Kier molecular flexibility index (Phi) is 3.95. The van der Waals surface area contributed by atoms with Gasteiger partial charge in [0, 0.05) is 18.0 Å². The zero-order chi connectivity index (χ0) is 12.3. The topological polar surface area (TPSA) is 20.3 Å². The summed E-state index contributed by atoms with van der Waals surface area (Å²) in [5, 5.41) is 0. The van der Waals surface area contributed by atoms with Gasteiger partial charge >= 0.3 is 0 Å². The van der Waals surface area contributed by atoms with Crippen molar-refractivity contribution in [1.82, 2.24) is 4.90 Å². The van der Waals surface area contributed by atoms with E-state index in [-0.39, 0.29) is 11.7 Å². The molecule has 1 aromatic rings. The number of hydrogen-bond donors (Lipinski definition) is 0. The molecule has 0 N–H and O–H groups in total. The lowest BCUT2D eigenvalue weighted by Crippen LogP contribution is -2.29. The minimum Gasteiger partial charge on any atom is -0.303 e. The predicted octanol–water partition coefficient (Wildman–Crippen LogP) is 2.91. The van der Waals surface area contributed by atoms with Crippen molar-refractivity contribution >= 4 is 5.78 Å². The number of rotatable bonds is 4. The third-order valence-electron chi connectivity index (χ3n) is 3.51. The normalized spacial score (nSPS) is 18.2. The van der Waals surface area contributed by atoms with Gasteiger partial charge in [0.2, 0.25) is 0 Å². The molecule has 17 heavy (non-hydrogen) atoms. The highest BCUT2D eigenvalue weighted by Crippen LogP contribution is 2.14. The van der Waals surface area contributed by atoms with Crippen molar-refractivity contribution in [3.8, 4) is 0 Å². The molecule has 0 aromatic heterocycles. The molecular weight excluding hydrogens is 210 g/mol. The summed E-state index contributed by atoms with van der Waals surface area (Å²) in [5.41, 5.74) is 2.05. The number of nitrogens with zero attached hydrogens (tertiary/aromatic N) is 1. The lowest BCUT2D eigenvalue weighted by molar-refractivity contribution is 0.0903. The molecule has 0 amide bonds. The van der Waals surface area contributed by atoms with Gasteiger partial charge in [-0.25, -0.2) is 0 Å². The van der Waals surface area contributed by atoms with Gasteiger partial charge in [-0.1, -0.05) is 36.8 Å². The van der Waals surface area contributed by atoms with Gasteiger partial charge in [0.15, 0.2) is 5.78 Å². The second-order valence-electron chi connectivity index (χ2n) is 5.14. The van der Waals surface area contributed by atoms with Crippen LogP contribution in [0.1, 0.15) is 35.7 Å². The molecule has 0 saturated carbocycles. The maximum Gasteiger partial charge on any atom is 0.166 e. The Morgan fingerprint density at radius 3 is 2.41 bits per heavy atom. The zero-order valence-corrected chi connectivity index (χ0v) is 10.8. The first-order valence-corrected chi connectivity index (χ1v) is 6.50. The van der Waals surface area contributed by atoms with Gasteiger partial charge in [-0.2, -0.15) is 0 Å². The maximum atomic E-state index is 12.2. The Balaban J connectivity index is 1.96. The Morgan fingerprint density at radius 1 is 1.24 bits per heavy atom. The second-order valence-corrected chi connectivity index (χ2v) is 5.14. The summed E-state index contributed by atoms with van der Waals surface area (Å²) in [6.45, 7) is 7.31. The number of hydrogen-bond acceptors (Lipinski definition) is 2. The van der Waals surface area contributed by atoms with E-state index in [9.17, 15) is 4.79 Å². The minimum absolute atomic E-state index is 0.107. The van der Waals surface area contributed by atoms with Crippen molar-refractivity contribution in [2.75, 3.05) is 19.6 Å². The average Bonchev–Trinajstić information content (AvgIpc) is 2.82. The summed E-state index contributed by atoms with van der Waals surface area (Å²) in [6, 6.07) is 7.90. The van der Waals surface area contributed by atoms with Gasteiger partial charge in [0.25, 0.3) is 0 Å². The molecule has 0 aliphatic carbocycles. The molecule has 1 saturated heterocycles. The third-order valence-corrected chi connectivity index (χ3v) is 3.51. The van der Waals surface area contributed by atoms with Crippen LogP contribution in [0.15, 0.2) is 24.3 Å². The molecule has 0 unspecified atom stereocenters. The number of aryl methyl sites for hydroxylation is 1. The lowest BCUT2D eigenvalue weighted by atomic mass is 9.98. The van der Waals surface area contributed by atoms with Gasteiger partial charge in [-0.3, -0.25) is 4.79 Å². The van der Waals surface area contributed by atoms with Crippen molar-refractivity contribution in [2.24, 2.45) is 5.92 Å². The van der Waals surface area contributed by atoms with Gasteiger partial charge in [0.05, 0.1) is 0 Å². The van der Waals surface area contributed by atoms with E-state index in [2.05, 4.69) is 4.90 Å². The van der Waals surface area contributed by atoms with E-state index >= 15 is 0 Å². The molecule has 2 heteroatoms. The van der Waals surface area contributed by atoms with Crippen LogP contribution < -0.4 is 0 Å². The van der Waals surface area contributed by atoms with Crippen LogP contribution >= 0.6 is 0 Å². The van der Waals surface area contributed by atoms with Crippen LogP contribution in [0, 0.1) is 12.8 Å². The Labute approximate surface area is 104 Å². The number of benzene rings is 1. The Bertz CT molecular complexity index is 376. The van der Waals surface area contributed by atoms with Crippen LogP contribution in [-0.4, -0.2) is 30.3 Å². The summed E-state index contributed by atoms with van der Waals surface area (Å²) < 4.78 is 0. The zero-order valence-electron chi connectivity index (χ0n) is 10.8. The molecule has 0 radical (unpaired) electrons. The number of carbonyl (C=O) groups excluding carboxylic acids is 1. The molecule has 2 nitrogen and oxygen atoms in total. The van der Waals surface area contributed by atoms with Crippen LogP contribution in [0.25, 0.3) is 0 Å². The molecule has 1 atom stereocenters. The van der Waals surface area contributed by atoms with E-state index < -0.39 is 0 Å². The number of likely N-dealkylation sites (tertiary alicyclic amines) is 1. The fourth-order valence-electron chi connectivity index (χ4n) is 2.44. The van der Waals surface area contributed by atoms with E-state index in [0.717, 1.165) is 25.2 Å². The van der Waals surface area contributed by atoms with E-state index in [0.29, 0.717) is 0 Å². The molecule has 2 rings (SSSR count). The molecular formula is C15H21NO. The Morgan fingerprint density at radius 2 is 1.82 bits per heavy atom. The number of ketones is 1. The summed E-state index contributed by atoms with van der Waals surface area (Å²) in [6.07, 6.45) is 2.57. The van der Waals surface area contributed by atoms with Crippen LogP contribution in [-0.2, 0) is 0 Å². The Hall–Kier alpha value is -1.15. The highest BCUT2D eigenvalue weighted by atomic mass is 16.1. The third kappa shape index (κ3) is 3.16. The van der Waals surface area contributed by atoms with Crippen molar-refractivity contribution < 1.29 is 4.79 Å².